The van der Waals surface area contributed by atoms with E-state index in [9.17, 15) is 9.59 Å². The Morgan fingerprint density at radius 2 is 2.35 bits per heavy atom. The molecule has 1 atom stereocenters. The molecule has 1 aliphatic rings. The number of aliphatic carboxylic acids is 1. The van der Waals surface area contributed by atoms with Crippen molar-refractivity contribution in [1.82, 2.24) is 20.1 Å². The number of hydrogen-bond donors (Lipinski definition) is 3. The summed E-state index contributed by atoms with van der Waals surface area (Å²) in [5, 5.41) is 19.2. The van der Waals surface area contributed by atoms with Crippen molar-refractivity contribution < 1.29 is 9.90 Å². The van der Waals surface area contributed by atoms with Crippen molar-refractivity contribution in [1.29, 1.82) is 0 Å². The molecule has 0 spiro atoms. The number of aromatic amines is 1. The molecule has 0 bridgehead atoms. The molecule has 2 rings (SSSR count). The van der Waals surface area contributed by atoms with Gasteiger partial charge in [-0.2, -0.15) is 0 Å². The van der Waals surface area contributed by atoms with E-state index in [1.54, 1.807) is 18.5 Å². The average molecular weight is 300 g/mol. The Labute approximate surface area is 121 Å². The van der Waals surface area contributed by atoms with Crippen molar-refractivity contribution in [2.75, 3.05) is 12.8 Å². The first-order valence-corrected chi connectivity index (χ1v) is 7.68. The number of hydrogen-bond acceptors (Lipinski definition) is 5. The summed E-state index contributed by atoms with van der Waals surface area (Å²) >= 11 is 1.50. The van der Waals surface area contributed by atoms with Crippen molar-refractivity contribution >= 4 is 17.7 Å². The van der Waals surface area contributed by atoms with Gasteiger partial charge in [-0.3, -0.25) is 9.36 Å². The SMILES string of the molecule is CNC(C)(CCCSc1n[nH]c(=O)n1C1CC1)C(=O)O. The number of carboxylic acid groups (broad SMARTS) is 1. The second kappa shape index (κ2) is 6.01. The molecular formula is C12H20N4O3S. The van der Waals surface area contributed by atoms with Gasteiger partial charge in [-0.25, -0.2) is 9.89 Å². The van der Waals surface area contributed by atoms with Gasteiger partial charge in [0.1, 0.15) is 5.54 Å². The van der Waals surface area contributed by atoms with E-state index in [-0.39, 0.29) is 5.69 Å². The summed E-state index contributed by atoms with van der Waals surface area (Å²) in [5.74, 6) is -0.110. The number of H-pyrrole nitrogens is 1. The van der Waals surface area contributed by atoms with E-state index in [1.165, 1.54) is 11.8 Å². The highest BCUT2D eigenvalue weighted by Crippen LogP contribution is 2.36. The van der Waals surface area contributed by atoms with E-state index in [4.69, 9.17) is 5.11 Å². The largest absolute Gasteiger partial charge is 0.480 e. The Bertz CT molecular complexity index is 537. The van der Waals surface area contributed by atoms with Gasteiger partial charge >= 0.3 is 11.7 Å². The normalized spacial score (nSPS) is 17.9. The second-order valence-corrected chi connectivity index (χ2v) is 6.31. The first kappa shape index (κ1) is 15.1. The topological polar surface area (TPSA) is 100 Å². The Morgan fingerprint density at radius 3 is 2.90 bits per heavy atom. The molecule has 112 valence electrons. The van der Waals surface area contributed by atoms with Gasteiger partial charge < -0.3 is 10.4 Å². The highest BCUT2D eigenvalue weighted by Gasteiger charge is 2.31. The minimum absolute atomic E-state index is 0.152. The number of nitrogens with zero attached hydrogens (tertiary/aromatic N) is 2. The predicted molar refractivity (Wildman–Crippen MR) is 76.2 cm³/mol. The molecule has 1 aromatic heterocycles. The molecule has 0 saturated heterocycles. The minimum atomic E-state index is -0.901. The van der Waals surface area contributed by atoms with Gasteiger partial charge in [0.2, 0.25) is 0 Å². The quantitative estimate of drug-likeness (QED) is 0.486. The van der Waals surface area contributed by atoms with Gasteiger partial charge in [0, 0.05) is 11.8 Å². The highest BCUT2D eigenvalue weighted by atomic mass is 32.2. The van der Waals surface area contributed by atoms with Crippen LogP contribution in [0.3, 0.4) is 0 Å². The minimum Gasteiger partial charge on any atom is -0.480 e. The number of nitrogens with one attached hydrogen (secondary N) is 2. The first-order valence-electron chi connectivity index (χ1n) is 6.70. The fourth-order valence-corrected chi connectivity index (χ4v) is 2.93. The van der Waals surface area contributed by atoms with E-state index in [0.717, 1.165) is 25.0 Å². The zero-order valence-electron chi connectivity index (χ0n) is 11.7. The number of aromatic nitrogens is 3. The smallest absolute Gasteiger partial charge is 0.344 e. The van der Waals surface area contributed by atoms with Crippen molar-refractivity contribution in [3.05, 3.63) is 10.5 Å². The van der Waals surface area contributed by atoms with Gasteiger partial charge in [0.25, 0.3) is 0 Å². The van der Waals surface area contributed by atoms with Gasteiger partial charge in [-0.05, 0) is 39.7 Å². The van der Waals surface area contributed by atoms with Crippen LogP contribution in [0.2, 0.25) is 0 Å². The fraction of sp³-hybridized carbons (Fsp3) is 0.750. The number of rotatable bonds is 8. The van der Waals surface area contributed by atoms with Crippen LogP contribution in [0.25, 0.3) is 0 Å². The Morgan fingerprint density at radius 1 is 1.65 bits per heavy atom. The molecular weight excluding hydrogens is 280 g/mol. The Hall–Kier alpha value is -1.28. The molecule has 0 aliphatic heterocycles. The summed E-state index contributed by atoms with van der Waals surface area (Å²) in [6, 6.07) is 0.297. The molecule has 1 heterocycles. The van der Waals surface area contributed by atoms with E-state index >= 15 is 0 Å². The third kappa shape index (κ3) is 3.24. The molecule has 1 saturated carbocycles. The van der Waals surface area contributed by atoms with Crippen LogP contribution in [0.15, 0.2) is 9.95 Å². The summed E-state index contributed by atoms with van der Waals surface area (Å²) in [5.41, 5.74) is -1.05. The maximum absolute atomic E-state index is 11.6. The monoisotopic (exact) mass is 300 g/mol. The summed E-state index contributed by atoms with van der Waals surface area (Å²) < 4.78 is 1.71. The van der Waals surface area contributed by atoms with Crippen LogP contribution in [0.5, 0.6) is 0 Å². The molecule has 20 heavy (non-hydrogen) atoms. The second-order valence-electron chi connectivity index (χ2n) is 5.25. The molecule has 1 unspecified atom stereocenters. The third-order valence-electron chi connectivity index (χ3n) is 3.66. The summed E-state index contributed by atoms with van der Waals surface area (Å²) in [6.45, 7) is 1.68. The molecule has 1 aromatic rings. The number of thioether (sulfide) groups is 1. The van der Waals surface area contributed by atoms with Crippen LogP contribution >= 0.6 is 11.8 Å². The van der Waals surface area contributed by atoms with Crippen molar-refractivity contribution in [3.8, 4) is 0 Å². The standard InChI is InChI=1S/C12H20N4O3S/c1-12(13-2,9(17)18)6-3-7-20-11-15-14-10(19)16(11)8-4-5-8/h8,13H,3-7H2,1-2H3,(H,14,19)(H,17,18). The Balaban J connectivity index is 1.85. The summed E-state index contributed by atoms with van der Waals surface area (Å²) in [4.78, 5) is 22.7. The lowest BCUT2D eigenvalue weighted by Gasteiger charge is -2.23. The zero-order valence-corrected chi connectivity index (χ0v) is 12.5. The molecule has 1 aliphatic carbocycles. The summed E-state index contributed by atoms with van der Waals surface area (Å²) in [6.07, 6.45) is 3.33. The van der Waals surface area contributed by atoms with E-state index in [1.807, 2.05) is 0 Å². The summed E-state index contributed by atoms with van der Waals surface area (Å²) in [7, 11) is 1.65. The lowest BCUT2D eigenvalue weighted by atomic mass is 9.97. The van der Waals surface area contributed by atoms with E-state index in [0.29, 0.717) is 17.6 Å². The number of carbonyl (C=O) groups is 1. The van der Waals surface area contributed by atoms with Crippen LogP contribution in [-0.2, 0) is 4.79 Å². The average Bonchev–Trinajstić information content (AvgIpc) is 3.18. The molecule has 8 heteroatoms. The van der Waals surface area contributed by atoms with Crippen LogP contribution in [0.1, 0.15) is 38.6 Å². The predicted octanol–water partition coefficient (Wildman–Crippen LogP) is 0.841. The molecule has 0 radical (unpaired) electrons. The maximum atomic E-state index is 11.6. The van der Waals surface area contributed by atoms with Gasteiger partial charge in [-0.1, -0.05) is 11.8 Å². The third-order valence-corrected chi connectivity index (χ3v) is 4.70. The van der Waals surface area contributed by atoms with Gasteiger partial charge in [0.05, 0.1) is 0 Å². The van der Waals surface area contributed by atoms with E-state index in [2.05, 4.69) is 15.5 Å². The van der Waals surface area contributed by atoms with Crippen molar-refractivity contribution in [3.63, 3.8) is 0 Å². The molecule has 7 nitrogen and oxygen atoms in total. The first-order chi connectivity index (χ1) is 9.48. The zero-order chi connectivity index (χ0) is 14.8. The van der Waals surface area contributed by atoms with Crippen LogP contribution < -0.4 is 11.0 Å². The lowest BCUT2D eigenvalue weighted by molar-refractivity contribution is -0.144. The number of likely N-dealkylation sites (N-methyl/N-ethyl adjacent to an activating group) is 1. The van der Waals surface area contributed by atoms with E-state index < -0.39 is 11.5 Å². The maximum Gasteiger partial charge on any atom is 0.344 e. The molecule has 0 amide bonds. The highest BCUT2D eigenvalue weighted by molar-refractivity contribution is 7.99. The molecule has 3 N–H and O–H groups in total. The lowest BCUT2D eigenvalue weighted by Crippen LogP contribution is -2.47. The van der Waals surface area contributed by atoms with Gasteiger partial charge in [0.15, 0.2) is 5.16 Å². The Kier molecular flexibility index (Phi) is 4.54. The van der Waals surface area contributed by atoms with Crippen LogP contribution in [0.4, 0.5) is 0 Å². The van der Waals surface area contributed by atoms with Gasteiger partial charge in [-0.15, -0.1) is 5.10 Å². The van der Waals surface area contributed by atoms with Crippen molar-refractivity contribution in [2.45, 2.75) is 49.3 Å². The van der Waals surface area contributed by atoms with Crippen LogP contribution in [-0.4, -0.2) is 44.2 Å². The molecule has 1 fully saturated rings. The fourth-order valence-electron chi connectivity index (χ4n) is 1.97. The molecule has 0 aromatic carbocycles. The van der Waals surface area contributed by atoms with Crippen LogP contribution in [0, 0.1) is 0 Å². The number of carboxylic acids is 1. The van der Waals surface area contributed by atoms with Crippen molar-refractivity contribution in [2.24, 2.45) is 0 Å².